The first-order chi connectivity index (χ1) is 10.9. The van der Waals surface area contributed by atoms with Crippen LogP contribution in [-0.4, -0.2) is 33.6 Å². The first-order valence-electron chi connectivity index (χ1n) is 7.12. The number of ether oxygens (including phenoxy) is 1. The molecule has 8 nitrogen and oxygen atoms in total. The molecule has 0 radical (unpaired) electrons. The molecule has 1 aromatic rings. The van der Waals surface area contributed by atoms with Crippen LogP contribution < -0.4 is 15.8 Å². The predicted molar refractivity (Wildman–Crippen MR) is 81.7 cm³/mol. The summed E-state index contributed by atoms with van der Waals surface area (Å²) in [5, 5.41) is 2.39. The minimum atomic E-state index is -3.93. The Morgan fingerprint density at radius 2 is 1.87 bits per heavy atom. The van der Waals surface area contributed by atoms with Crippen molar-refractivity contribution >= 4 is 22.0 Å². The number of benzene rings is 1. The van der Waals surface area contributed by atoms with Crippen molar-refractivity contribution < 1.29 is 22.7 Å². The normalized spacial score (nSPS) is 14.3. The molecule has 0 saturated heterocycles. The number of carbonyl (C=O) groups is 2. The van der Waals surface area contributed by atoms with E-state index in [1.807, 2.05) is 4.72 Å². The number of nitrogens with one attached hydrogen (secondary N) is 2. The number of sulfonamides is 1. The van der Waals surface area contributed by atoms with Gasteiger partial charge in [0.1, 0.15) is 6.61 Å². The Morgan fingerprint density at radius 1 is 1.22 bits per heavy atom. The average Bonchev–Trinajstić information content (AvgIpc) is 3.29. The average molecular weight is 341 g/mol. The van der Waals surface area contributed by atoms with Gasteiger partial charge in [-0.15, -0.1) is 0 Å². The number of nitrogens with two attached hydrogens (primary N) is 1. The van der Waals surface area contributed by atoms with Gasteiger partial charge in [0.05, 0.1) is 11.5 Å². The molecule has 0 aliphatic heterocycles. The molecular formula is C14H19N3O5S. The van der Waals surface area contributed by atoms with E-state index in [1.165, 1.54) is 24.3 Å². The van der Waals surface area contributed by atoms with Gasteiger partial charge in [0.25, 0.3) is 15.9 Å². The molecule has 1 aromatic carbocycles. The molecule has 2 rings (SSSR count). The topological polar surface area (TPSA) is 128 Å². The van der Waals surface area contributed by atoms with Crippen LogP contribution in [-0.2, 0) is 26.1 Å². The van der Waals surface area contributed by atoms with Crippen LogP contribution in [0.5, 0.6) is 0 Å². The van der Waals surface area contributed by atoms with Gasteiger partial charge in [-0.3, -0.25) is 4.79 Å². The van der Waals surface area contributed by atoms with E-state index < -0.39 is 22.0 Å². The van der Waals surface area contributed by atoms with E-state index in [2.05, 4.69) is 5.32 Å². The zero-order valence-electron chi connectivity index (χ0n) is 12.4. The van der Waals surface area contributed by atoms with E-state index in [0.717, 1.165) is 12.8 Å². The molecule has 23 heavy (non-hydrogen) atoms. The predicted octanol–water partition coefficient (Wildman–Crippen LogP) is 0.0864. The fraction of sp³-hybridized carbons (Fsp3) is 0.429. The zero-order valence-corrected chi connectivity index (χ0v) is 13.3. The maximum Gasteiger partial charge on any atom is 0.312 e. The number of urea groups is 1. The summed E-state index contributed by atoms with van der Waals surface area (Å²) < 4.78 is 31.2. The minimum absolute atomic E-state index is 0.0455. The lowest BCUT2D eigenvalue weighted by atomic mass is 10.2. The van der Waals surface area contributed by atoms with E-state index in [4.69, 9.17) is 10.5 Å². The zero-order chi connectivity index (χ0) is 16.9. The van der Waals surface area contributed by atoms with Crippen LogP contribution in [0.25, 0.3) is 0 Å². The van der Waals surface area contributed by atoms with Crippen LogP contribution in [0.3, 0.4) is 0 Å². The highest BCUT2D eigenvalue weighted by Crippen LogP contribution is 2.28. The summed E-state index contributed by atoms with van der Waals surface area (Å²) in [5.41, 5.74) is 5.63. The van der Waals surface area contributed by atoms with Crippen LogP contribution in [0, 0.1) is 5.92 Å². The number of amides is 3. The lowest BCUT2D eigenvalue weighted by molar-refractivity contribution is -0.124. The lowest BCUT2D eigenvalue weighted by Crippen LogP contribution is -2.33. The maximum atomic E-state index is 12.1. The number of hydrogen-bond donors (Lipinski definition) is 3. The third-order valence-electron chi connectivity index (χ3n) is 3.23. The quantitative estimate of drug-likeness (QED) is 0.617. The summed E-state index contributed by atoms with van der Waals surface area (Å²) in [6.45, 7) is 0.391. The largest absolute Gasteiger partial charge is 0.371 e. The van der Waals surface area contributed by atoms with Crippen molar-refractivity contribution in [2.45, 2.75) is 24.3 Å². The van der Waals surface area contributed by atoms with E-state index in [9.17, 15) is 18.0 Å². The van der Waals surface area contributed by atoms with Crippen molar-refractivity contribution in [2.24, 2.45) is 11.7 Å². The van der Waals surface area contributed by atoms with Gasteiger partial charge >= 0.3 is 6.03 Å². The molecule has 3 amide bonds. The van der Waals surface area contributed by atoms with Gasteiger partial charge in [-0.05, 0) is 36.5 Å². The van der Waals surface area contributed by atoms with Crippen LogP contribution in [0.15, 0.2) is 29.2 Å². The smallest absolute Gasteiger partial charge is 0.312 e. The first-order valence-corrected chi connectivity index (χ1v) is 8.61. The molecule has 126 valence electrons. The molecule has 1 aliphatic rings. The molecule has 1 aliphatic carbocycles. The van der Waals surface area contributed by atoms with Crippen molar-refractivity contribution in [3.63, 3.8) is 0 Å². The second kappa shape index (κ2) is 7.42. The van der Waals surface area contributed by atoms with E-state index in [-0.39, 0.29) is 18.0 Å². The molecule has 0 atom stereocenters. The van der Waals surface area contributed by atoms with E-state index >= 15 is 0 Å². The van der Waals surface area contributed by atoms with Gasteiger partial charge in [0.15, 0.2) is 0 Å². The number of hydrogen-bond acceptors (Lipinski definition) is 5. The van der Waals surface area contributed by atoms with Crippen molar-refractivity contribution in [1.29, 1.82) is 0 Å². The first kappa shape index (κ1) is 17.2. The molecular weight excluding hydrogens is 322 g/mol. The van der Waals surface area contributed by atoms with Crippen molar-refractivity contribution in [2.75, 3.05) is 13.2 Å². The Morgan fingerprint density at radius 3 is 2.43 bits per heavy atom. The fourth-order valence-electron chi connectivity index (χ4n) is 1.82. The van der Waals surface area contributed by atoms with Crippen molar-refractivity contribution in [3.8, 4) is 0 Å². The van der Waals surface area contributed by atoms with E-state index in [1.54, 1.807) is 0 Å². The molecule has 1 fully saturated rings. The van der Waals surface area contributed by atoms with Crippen LogP contribution in [0.2, 0.25) is 0 Å². The minimum Gasteiger partial charge on any atom is -0.371 e. The summed E-state index contributed by atoms with van der Waals surface area (Å²) in [6, 6.07) is 5.08. The standard InChI is InChI=1S/C14H19N3O5S/c15-14(19)16-7-10-3-5-12(6-4-10)23(20,21)17-13(18)9-22-8-11-1-2-11/h3-6,11H,1-2,7-9H2,(H,17,18)(H3,15,16,19). The van der Waals surface area contributed by atoms with Gasteiger partial charge in [0, 0.05) is 6.54 Å². The Balaban J connectivity index is 1.87. The molecule has 4 N–H and O–H groups in total. The van der Waals surface area contributed by atoms with Gasteiger partial charge in [0.2, 0.25) is 0 Å². The molecule has 0 aromatic heterocycles. The Labute approximate surface area is 134 Å². The SMILES string of the molecule is NC(=O)NCc1ccc(S(=O)(=O)NC(=O)COCC2CC2)cc1. The van der Waals surface area contributed by atoms with Crippen molar-refractivity contribution in [1.82, 2.24) is 10.0 Å². The maximum absolute atomic E-state index is 12.1. The fourth-order valence-corrected chi connectivity index (χ4v) is 2.79. The van der Waals surface area contributed by atoms with Gasteiger partial charge < -0.3 is 15.8 Å². The van der Waals surface area contributed by atoms with Crippen LogP contribution in [0.4, 0.5) is 4.79 Å². The lowest BCUT2D eigenvalue weighted by Gasteiger charge is -2.08. The summed E-state index contributed by atoms with van der Waals surface area (Å²) >= 11 is 0. The van der Waals surface area contributed by atoms with Crippen molar-refractivity contribution in [3.05, 3.63) is 29.8 Å². The Kier molecular flexibility index (Phi) is 5.56. The summed E-state index contributed by atoms with van der Waals surface area (Å²) in [6.07, 6.45) is 2.19. The highest BCUT2D eigenvalue weighted by Gasteiger charge is 2.22. The third-order valence-corrected chi connectivity index (χ3v) is 4.62. The molecule has 9 heteroatoms. The Hall–Kier alpha value is -2.13. The highest BCUT2D eigenvalue weighted by atomic mass is 32.2. The molecule has 0 bridgehead atoms. The number of primary amides is 1. The van der Waals surface area contributed by atoms with Gasteiger partial charge in [-0.1, -0.05) is 12.1 Å². The second-order valence-corrected chi connectivity index (χ2v) is 7.03. The summed E-state index contributed by atoms with van der Waals surface area (Å²) in [5.74, 6) is -0.203. The molecule has 0 heterocycles. The third kappa shape index (κ3) is 5.87. The summed E-state index contributed by atoms with van der Waals surface area (Å²) in [4.78, 5) is 22.2. The molecule has 1 saturated carbocycles. The highest BCUT2D eigenvalue weighted by molar-refractivity contribution is 7.90. The Bertz CT molecular complexity index is 668. The van der Waals surface area contributed by atoms with Crippen LogP contribution in [0.1, 0.15) is 18.4 Å². The second-order valence-electron chi connectivity index (χ2n) is 5.35. The van der Waals surface area contributed by atoms with Gasteiger partial charge in [-0.25, -0.2) is 17.9 Å². The molecule has 0 spiro atoms. The van der Waals surface area contributed by atoms with Gasteiger partial charge in [-0.2, -0.15) is 0 Å². The summed E-state index contributed by atoms with van der Waals surface area (Å²) in [7, 11) is -3.93. The number of rotatable bonds is 8. The van der Waals surface area contributed by atoms with E-state index in [0.29, 0.717) is 18.1 Å². The van der Waals surface area contributed by atoms with Crippen LogP contribution >= 0.6 is 0 Å². The monoisotopic (exact) mass is 341 g/mol. The molecule has 0 unspecified atom stereocenters. The number of carbonyl (C=O) groups excluding carboxylic acids is 2.